The molecule has 2 aliphatic rings. The molecule has 0 radical (unpaired) electrons. The third-order valence-corrected chi connectivity index (χ3v) is 4.52. The summed E-state index contributed by atoms with van der Waals surface area (Å²) < 4.78 is 5.49. The molecule has 1 saturated heterocycles. The third kappa shape index (κ3) is 2.32. The summed E-state index contributed by atoms with van der Waals surface area (Å²) in [6, 6.07) is 8.00. The molecule has 2 heteroatoms. The van der Waals surface area contributed by atoms with E-state index in [0.29, 0.717) is 18.0 Å². The van der Waals surface area contributed by atoms with E-state index in [4.69, 9.17) is 4.74 Å². The highest BCUT2D eigenvalue weighted by Crippen LogP contribution is 2.33. The maximum Gasteiger partial charge on any atom is 0.0509 e. The molecule has 18 heavy (non-hydrogen) atoms. The maximum atomic E-state index is 5.49. The zero-order valence-electron chi connectivity index (χ0n) is 11.4. The van der Waals surface area contributed by atoms with Crippen molar-refractivity contribution in [3.63, 3.8) is 0 Å². The van der Waals surface area contributed by atoms with E-state index in [1.54, 1.807) is 0 Å². The Balaban J connectivity index is 1.70. The molecule has 0 aromatic heterocycles. The van der Waals surface area contributed by atoms with Crippen molar-refractivity contribution in [2.45, 2.75) is 45.2 Å². The molecule has 1 aliphatic carbocycles. The minimum absolute atomic E-state index is 0.551. The van der Waals surface area contributed by atoms with Crippen molar-refractivity contribution in [1.82, 2.24) is 5.32 Å². The maximum absolute atomic E-state index is 5.49. The van der Waals surface area contributed by atoms with Gasteiger partial charge in [-0.25, -0.2) is 0 Å². The van der Waals surface area contributed by atoms with Crippen molar-refractivity contribution in [3.05, 3.63) is 34.9 Å². The van der Waals surface area contributed by atoms with Crippen LogP contribution in [0.5, 0.6) is 0 Å². The van der Waals surface area contributed by atoms with Gasteiger partial charge in [0.1, 0.15) is 0 Å². The van der Waals surface area contributed by atoms with Crippen molar-refractivity contribution in [2.24, 2.45) is 5.92 Å². The van der Waals surface area contributed by atoms with Crippen LogP contribution in [0.2, 0.25) is 0 Å². The summed E-state index contributed by atoms with van der Waals surface area (Å²) in [6.45, 7) is 6.37. The lowest BCUT2D eigenvalue weighted by atomic mass is 9.98. The highest BCUT2D eigenvalue weighted by atomic mass is 16.5. The molecule has 98 valence electrons. The van der Waals surface area contributed by atoms with Crippen LogP contribution < -0.4 is 5.32 Å². The second-order valence-corrected chi connectivity index (χ2v) is 5.87. The van der Waals surface area contributed by atoms with Crippen LogP contribution in [0.25, 0.3) is 0 Å². The summed E-state index contributed by atoms with van der Waals surface area (Å²) in [4.78, 5) is 0. The number of hydrogen-bond acceptors (Lipinski definition) is 2. The Bertz CT molecular complexity index is 423. The summed E-state index contributed by atoms with van der Waals surface area (Å²) in [5, 5.41) is 3.82. The molecule has 3 atom stereocenters. The second kappa shape index (κ2) is 5.02. The van der Waals surface area contributed by atoms with Crippen molar-refractivity contribution in [2.75, 3.05) is 13.2 Å². The van der Waals surface area contributed by atoms with E-state index in [-0.39, 0.29) is 0 Å². The van der Waals surface area contributed by atoms with Gasteiger partial charge in [-0.15, -0.1) is 0 Å². The van der Waals surface area contributed by atoms with E-state index in [9.17, 15) is 0 Å². The molecule has 1 aliphatic heterocycles. The highest BCUT2D eigenvalue weighted by Gasteiger charge is 2.28. The van der Waals surface area contributed by atoms with Crippen molar-refractivity contribution in [1.29, 1.82) is 0 Å². The van der Waals surface area contributed by atoms with Crippen molar-refractivity contribution < 1.29 is 4.74 Å². The average Bonchev–Trinajstić information content (AvgIpc) is 2.99. The molecule has 1 N–H and O–H groups in total. The Kier molecular flexibility index (Phi) is 3.40. The van der Waals surface area contributed by atoms with Crippen LogP contribution in [-0.2, 0) is 11.2 Å². The number of benzene rings is 1. The number of hydrogen-bond donors (Lipinski definition) is 1. The van der Waals surface area contributed by atoms with Crippen molar-refractivity contribution >= 4 is 0 Å². The van der Waals surface area contributed by atoms with Gasteiger partial charge < -0.3 is 10.1 Å². The fourth-order valence-electron chi connectivity index (χ4n) is 3.30. The number of ether oxygens (including phenoxy) is 1. The smallest absolute Gasteiger partial charge is 0.0509 e. The standard InChI is InChI=1S/C16H23NO/c1-11-3-4-13-5-6-16(15(13)9-11)17-12(2)14-7-8-18-10-14/h3-4,9,12,14,16-17H,5-8,10H2,1-2H3. The third-order valence-electron chi connectivity index (χ3n) is 4.52. The first-order chi connectivity index (χ1) is 8.74. The molecule has 0 spiro atoms. The predicted molar refractivity (Wildman–Crippen MR) is 73.8 cm³/mol. The van der Waals surface area contributed by atoms with Gasteiger partial charge in [-0.1, -0.05) is 23.8 Å². The number of fused-ring (bicyclic) bond motifs is 1. The Labute approximate surface area is 110 Å². The molecular weight excluding hydrogens is 222 g/mol. The molecule has 1 fully saturated rings. The molecule has 0 amide bonds. The van der Waals surface area contributed by atoms with Crippen LogP contribution in [0, 0.1) is 12.8 Å². The van der Waals surface area contributed by atoms with E-state index < -0.39 is 0 Å². The first-order valence-corrected chi connectivity index (χ1v) is 7.17. The summed E-state index contributed by atoms with van der Waals surface area (Å²) in [5.74, 6) is 0.693. The molecule has 2 nitrogen and oxygen atoms in total. The number of rotatable bonds is 3. The van der Waals surface area contributed by atoms with Crippen LogP contribution in [-0.4, -0.2) is 19.3 Å². The molecule has 1 heterocycles. The lowest BCUT2D eigenvalue weighted by molar-refractivity contribution is 0.176. The van der Waals surface area contributed by atoms with Crippen LogP contribution in [0.3, 0.4) is 0 Å². The highest BCUT2D eigenvalue weighted by molar-refractivity contribution is 5.37. The number of nitrogens with one attached hydrogen (secondary N) is 1. The van der Waals surface area contributed by atoms with E-state index >= 15 is 0 Å². The minimum atomic E-state index is 0.551. The van der Waals surface area contributed by atoms with Gasteiger partial charge >= 0.3 is 0 Å². The lowest BCUT2D eigenvalue weighted by Crippen LogP contribution is -2.36. The first kappa shape index (κ1) is 12.2. The summed E-state index contributed by atoms with van der Waals surface area (Å²) >= 11 is 0. The van der Waals surface area contributed by atoms with Crippen LogP contribution >= 0.6 is 0 Å². The molecule has 3 unspecified atom stereocenters. The minimum Gasteiger partial charge on any atom is -0.381 e. The zero-order chi connectivity index (χ0) is 12.5. The zero-order valence-corrected chi connectivity index (χ0v) is 11.4. The largest absolute Gasteiger partial charge is 0.381 e. The molecule has 0 bridgehead atoms. The Morgan fingerprint density at radius 3 is 3.00 bits per heavy atom. The molecule has 1 aromatic carbocycles. The summed E-state index contributed by atoms with van der Waals surface area (Å²) in [6.07, 6.45) is 3.68. The second-order valence-electron chi connectivity index (χ2n) is 5.87. The topological polar surface area (TPSA) is 21.3 Å². The SMILES string of the molecule is Cc1ccc2c(c1)C(NC(C)C1CCOC1)CC2. The summed E-state index contributed by atoms with van der Waals surface area (Å²) in [7, 11) is 0. The lowest BCUT2D eigenvalue weighted by Gasteiger charge is -2.24. The van der Waals surface area contributed by atoms with E-state index in [1.165, 1.54) is 36.0 Å². The van der Waals surface area contributed by atoms with E-state index in [0.717, 1.165) is 13.2 Å². The van der Waals surface area contributed by atoms with Crippen LogP contribution in [0.4, 0.5) is 0 Å². The molecule has 0 saturated carbocycles. The normalized spacial score (nSPS) is 28.3. The first-order valence-electron chi connectivity index (χ1n) is 7.17. The fourth-order valence-corrected chi connectivity index (χ4v) is 3.30. The van der Waals surface area contributed by atoms with Gasteiger partial charge in [0, 0.05) is 18.7 Å². The van der Waals surface area contributed by atoms with Gasteiger partial charge in [-0.3, -0.25) is 0 Å². The average molecular weight is 245 g/mol. The van der Waals surface area contributed by atoms with Crippen LogP contribution in [0.1, 0.15) is 42.5 Å². The van der Waals surface area contributed by atoms with E-state index in [1.807, 2.05) is 0 Å². The molecule has 1 aromatic rings. The summed E-state index contributed by atoms with van der Waals surface area (Å²) in [5.41, 5.74) is 4.44. The Morgan fingerprint density at radius 1 is 1.33 bits per heavy atom. The van der Waals surface area contributed by atoms with E-state index in [2.05, 4.69) is 37.4 Å². The van der Waals surface area contributed by atoms with Gasteiger partial charge in [0.05, 0.1) is 6.61 Å². The van der Waals surface area contributed by atoms with Crippen molar-refractivity contribution in [3.8, 4) is 0 Å². The molecule has 3 rings (SSSR count). The number of aryl methyl sites for hydroxylation is 2. The Morgan fingerprint density at radius 2 is 2.22 bits per heavy atom. The van der Waals surface area contributed by atoms with Gasteiger partial charge in [-0.2, -0.15) is 0 Å². The van der Waals surface area contributed by atoms with Crippen LogP contribution in [0.15, 0.2) is 18.2 Å². The van der Waals surface area contributed by atoms with Gasteiger partial charge in [0.2, 0.25) is 0 Å². The van der Waals surface area contributed by atoms with Gasteiger partial charge in [0.15, 0.2) is 0 Å². The van der Waals surface area contributed by atoms with Gasteiger partial charge in [0.25, 0.3) is 0 Å². The quantitative estimate of drug-likeness (QED) is 0.884. The fraction of sp³-hybridized carbons (Fsp3) is 0.625. The Hall–Kier alpha value is -0.860. The monoisotopic (exact) mass is 245 g/mol. The molecular formula is C16H23NO. The van der Waals surface area contributed by atoms with Gasteiger partial charge in [-0.05, 0) is 50.2 Å². The predicted octanol–water partition coefficient (Wildman–Crippen LogP) is 3.00.